The molecule has 108 valence electrons. The highest BCUT2D eigenvalue weighted by molar-refractivity contribution is 6.33. The number of amides is 1. The molecule has 1 aliphatic rings. The zero-order chi connectivity index (χ0) is 14.5. The molecule has 1 unspecified atom stereocenters. The summed E-state index contributed by atoms with van der Waals surface area (Å²) in [5.74, 6) is -0.527. The highest BCUT2D eigenvalue weighted by Gasteiger charge is 2.34. The van der Waals surface area contributed by atoms with Gasteiger partial charge >= 0.3 is 5.97 Å². The van der Waals surface area contributed by atoms with E-state index in [0.717, 1.165) is 12.8 Å². The smallest absolute Gasteiger partial charge is 0.328 e. The van der Waals surface area contributed by atoms with Crippen LogP contribution in [0.3, 0.4) is 0 Å². The molecule has 0 aliphatic carbocycles. The van der Waals surface area contributed by atoms with Crippen LogP contribution in [-0.2, 0) is 9.53 Å². The Morgan fingerprint density at radius 2 is 2.10 bits per heavy atom. The van der Waals surface area contributed by atoms with Crippen LogP contribution >= 0.6 is 11.6 Å². The summed E-state index contributed by atoms with van der Waals surface area (Å²) in [6.45, 7) is 2.65. The Kier molecular flexibility index (Phi) is 5.01. The van der Waals surface area contributed by atoms with E-state index in [1.54, 1.807) is 36.1 Å². The van der Waals surface area contributed by atoms with Crippen LogP contribution in [0.15, 0.2) is 24.3 Å². The third-order valence-corrected chi connectivity index (χ3v) is 3.76. The first kappa shape index (κ1) is 14.9. The topological polar surface area (TPSA) is 46.6 Å². The molecule has 0 radical (unpaired) electrons. The van der Waals surface area contributed by atoms with Gasteiger partial charge in [-0.3, -0.25) is 4.79 Å². The molecule has 1 saturated heterocycles. The first-order valence-electron chi connectivity index (χ1n) is 6.87. The number of likely N-dealkylation sites (tertiary alicyclic amines) is 1. The first-order chi connectivity index (χ1) is 9.65. The van der Waals surface area contributed by atoms with Gasteiger partial charge in [0.25, 0.3) is 5.91 Å². The van der Waals surface area contributed by atoms with E-state index >= 15 is 0 Å². The molecule has 0 spiro atoms. The van der Waals surface area contributed by atoms with E-state index < -0.39 is 6.04 Å². The van der Waals surface area contributed by atoms with Gasteiger partial charge in [0.15, 0.2) is 0 Å². The molecular formula is C15H18ClNO3. The number of rotatable bonds is 3. The molecule has 0 saturated carbocycles. The van der Waals surface area contributed by atoms with Crippen molar-refractivity contribution in [2.24, 2.45) is 0 Å². The van der Waals surface area contributed by atoms with Gasteiger partial charge in [-0.05, 0) is 38.3 Å². The van der Waals surface area contributed by atoms with Gasteiger partial charge in [-0.1, -0.05) is 23.7 Å². The molecule has 0 N–H and O–H groups in total. The fraction of sp³-hybridized carbons (Fsp3) is 0.467. The van der Waals surface area contributed by atoms with E-state index in [4.69, 9.17) is 16.3 Å². The van der Waals surface area contributed by atoms with Crippen molar-refractivity contribution in [3.05, 3.63) is 34.9 Å². The second kappa shape index (κ2) is 6.75. The molecule has 1 atom stereocenters. The van der Waals surface area contributed by atoms with E-state index in [2.05, 4.69) is 0 Å². The fourth-order valence-electron chi connectivity index (χ4n) is 2.45. The normalized spacial score (nSPS) is 18.7. The summed E-state index contributed by atoms with van der Waals surface area (Å²) in [4.78, 5) is 26.1. The van der Waals surface area contributed by atoms with E-state index in [1.165, 1.54) is 0 Å². The van der Waals surface area contributed by atoms with Crippen LogP contribution in [0.1, 0.15) is 36.5 Å². The Morgan fingerprint density at radius 1 is 1.35 bits per heavy atom. The van der Waals surface area contributed by atoms with Gasteiger partial charge in [0, 0.05) is 6.54 Å². The van der Waals surface area contributed by atoms with Gasteiger partial charge in [0.2, 0.25) is 0 Å². The predicted octanol–water partition coefficient (Wildman–Crippen LogP) is 2.90. The maximum Gasteiger partial charge on any atom is 0.328 e. The lowest BCUT2D eigenvalue weighted by Gasteiger charge is -2.34. The van der Waals surface area contributed by atoms with Gasteiger partial charge in [-0.25, -0.2) is 4.79 Å². The Labute approximate surface area is 123 Å². The molecule has 0 bridgehead atoms. The number of nitrogens with zero attached hydrogens (tertiary/aromatic N) is 1. The van der Waals surface area contributed by atoms with Crippen molar-refractivity contribution in [2.45, 2.75) is 32.2 Å². The van der Waals surface area contributed by atoms with Crippen LogP contribution in [0.5, 0.6) is 0 Å². The van der Waals surface area contributed by atoms with Crippen LogP contribution in [0.4, 0.5) is 0 Å². The standard InChI is InChI=1S/C15H18ClNO3/c1-2-20-15(19)13-9-5-6-10-17(13)14(18)11-7-3-4-8-12(11)16/h3-4,7-8,13H,2,5-6,9-10H2,1H3. The minimum absolute atomic E-state index is 0.201. The third kappa shape index (κ3) is 3.12. The number of carbonyl (C=O) groups excluding carboxylic acids is 2. The van der Waals surface area contributed by atoms with Crippen molar-refractivity contribution in [3.8, 4) is 0 Å². The van der Waals surface area contributed by atoms with Crippen LogP contribution < -0.4 is 0 Å². The molecule has 1 amide bonds. The van der Waals surface area contributed by atoms with Crippen LogP contribution in [0, 0.1) is 0 Å². The summed E-state index contributed by atoms with van der Waals surface area (Å²) >= 11 is 6.06. The molecule has 20 heavy (non-hydrogen) atoms. The van der Waals surface area contributed by atoms with Crippen molar-refractivity contribution >= 4 is 23.5 Å². The lowest BCUT2D eigenvalue weighted by atomic mass is 10.0. The van der Waals surface area contributed by atoms with E-state index in [0.29, 0.717) is 30.2 Å². The number of hydrogen-bond donors (Lipinski definition) is 0. The Morgan fingerprint density at radius 3 is 2.80 bits per heavy atom. The average molecular weight is 296 g/mol. The molecule has 1 fully saturated rings. The summed E-state index contributed by atoms with van der Waals surface area (Å²) in [5.41, 5.74) is 0.436. The largest absolute Gasteiger partial charge is 0.464 e. The molecule has 1 aromatic rings. The summed E-state index contributed by atoms with van der Waals surface area (Å²) < 4.78 is 5.06. The maximum absolute atomic E-state index is 12.6. The summed E-state index contributed by atoms with van der Waals surface area (Å²) in [7, 11) is 0. The first-order valence-corrected chi connectivity index (χ1v) is 7.25. The summed E-state index contributed by atoms with van der Waals surface area (Å²) in [6, 6.07) is 6.41. The molecule has 1 heterocycles. The maximum atomic E-state index is 12.6. The van der Waals surface area contributed by atoms with Crippen molar-refractivity contribution < 1.29 is 14.3 Å². The highest BCUT2D eigenvalue weighted by Crippen LogP contribution is 2.24. The van der Waals surface area contributed by atoms with E-state index in [-0.39, 0.29) is 11.9 Å². The number of ether oxygens (including phenoxy) is 1. The van der Waals surface area contributed by atoms with Crippen molar-refractivity contribution in [1.29, 1.82) is 0 Å². The van der Waals surface area contributed by atoms with Crippen molar-refractivity contribution in [1.82, 2.24) is 4.90 Å². The van der Waals surface area contributed by atoms with Gasteiger partial charge in [-0.15, -0.1) is 0 Å². The molecule has 2 rings (SSSR count). The third-order valence-electron chi connectivity index (χ3n) is 3.43. The second-order valence-electron chi connectivity index (χ2n) is 4.74. The Balaban J connectivity index is 2.22. The zero-order valence-electron chi connectivity index (χ0n) is 11.5. The summed E-state index contributed by atoms with van der Waals surface area (Å²) in [5, 5.41) is 0.408. The summed E-state index contributed by atoms with van der Waals surface area (Å²) in [6.07, 6.45) is 2.47. The number of hydrogen-bond acceptors (Lipinski definition) is 3. The SMILES string of the molecule is CCOC(=O)C1CCCCN1C(=O)c1ccccc1Cl. The van der Waals surface area contributed by atoms with Crippen molar-refractivity contribution in [3.63, 3.8) is 0 Å². The minimum atomic E-state index is -0.493. The zero-order valence-corrected chi connectivity index (χ0v) is 12.2. The fourth-order valence-corrected chi connectivity index (χ4v) is 2.66. The molecule has 0 aromatic heterocycles. The van der Waals surface area contributed by atoms with Crippen LogP contribution in [0.2, 0.25) is 5.02 Å². The monoisotopic (exact) mass is 295 g/mol. The number of benzene rings is 1. The van der Waals surface area contributed by atoms with Gasteiger partial charge < -0.3 is 9.64 Å². The van der Waals surface area contributed by atoms with Gasteiger partial charge in [0.1, 0.15) is 6.04 Å². The highest BCUT2D eigenvalue weighted by atomic mass is 35.5. The lowest BCUT2D eigenvalue weighted by Crippen LogP contribution is -2.48. The number of carbonyl (C=O) groups is 2. The molecule has 5 heteroatoms. The van der Waals surface area contributed by atoms with Crippen LogP contribution in [-0.4, -0.2) is 36.0 Å². The number of esters is 1. The van der Waals surface area contributed by atoms with Crippen LogP contribution in [0.25, 0.3) is 0 Å². The minimum Gasteiger partial charge on any atom is -0.464 e. The lowest BCUT2D eigenvalue weighted by molar-refractivity contribution is -0.149. The van der Waals surface area contributed by atoms with Crippen molar-refractivity contribution in [2.75, 3.05) is 13.2 Å². The molecule has 4 nitrogen and oxygen atoms in total. The second-order valence-corrected chi connectivity index (χ2v) is 5.15. The molecule has 1 aromatic carbocycles. The van der Waals surface area contributed by atoms with E-state index in [9.17, 15) is 9.59 Å². The number of halogens is 1. The Hall–Kier alpha value is -1.55. The Bertz CT molecular complexity index is 504. The van der Waals surface area contributed by atoms with Gasteiger partial charge in [-0.2, -0.15) is 0 Å². The number of piperidine rings is 1. The predicted molar refractivity (Wildman–Crippen MR) is 76.8 cm³/mol. The molecule has 1 aliphatic heterocycles. The average Bonchev–Trinajstić information content (AvgIpc) is 2.47. The van der Waals surface area contributed by atoms with Gasteiger partial charge in [0.05, 0.1) is 17.2 Å². The quantitative estimate of drug-likeness (QED) is 0.806. The van der Waals surface area contributed by atoms with E-state index in [1.807, 2.05) is 0 Å². The molecular weight excluding hydrogens is 278 g/mol.